The molecule has 0 aliphatic carbocycles. The highest BCUT2D eigenvalue weighted by atomic mass is 79.9. The number of thiophene rings is 1. The molecule has 0 atom stereocenters. The van der Waals surface area contributed by atoms with E-state index in [0.29, 0.717) is 16.1 Å². The van der Waals surface area contributed by atoms with Crippen molar-refractivity contribution in [1.82, 2.24) is 0 Å². The third-order valence-electron chi connectivity index (χ3n) is 2.08. The summed E-state index contributed by atoms with van der Waals surface area (Å²) in [7, 11) is 0. The number of carbonyl (C=O) groups excluding carboxylic acids is 1. The zero-order valence-electron chi connectivity index (χ0n) is 8.14. The molecule has 2 aromatic rings. The van der Waals surface area contributed by atoms with Crippen LogP contribution in [0.25, 0.3) is 0 Å². The molecule has 0 N–H and O–H groups in total. The van der Waals surface area contributed by atoms with Crippen LogP contribution in [0.5, 0.6) is 0 Å². The van der Waals surface area contributed by atoms with Crippen molar-refractivity contribution >= 4 is 76.5 Å². The summed E-state index contributed by atoms with van der Waals surface area (Å²) >= 11 is 17.4. The van der Waals surface area contributed by atoms with E-state index in [-0.39, 0.29) is 5.78 Å². The van der Waals surface area contributed by atoms with Gasteiger partial charge in [0.1, 0.15) is 0 Å². The normalized spacial score (nSPS) is 10.6. The lowest BCUT2D eigenvalue weighted by molar-refractivity contribution is 0.103. The number of rotatable bonds is 2. The largest absolute Gasteiger partial charge is 0.289 e. The molecule has 0 saturated carbocycles. The van der Waals surface area contributed by atoms with Crippen LogP contribution >= 0.6 is 70.7 Å². The molecule has 88 valence electrons. The number of benzene rings is 1. The molecule has 0 unspecified atom stereocenters. The fraction of sp³-hybridized carbons (Fsp3) is 0. The van der Waals surface area contributed by atoms with Crippen molar-refractivity contribution in [3.63, 3.8) is 0 Å². The van der Waals surface area contributed by atoms with Gasteiger partial charge in [-0.1, -0.05) is 11.6 Å². The van der Waals surface area contributed by atoms with Gasteiger partial charge in [0, 0.05) is 15.6 Å². The second kappa shape index (κ2) is 5.53. The predicted molar refractivity (Wildman–Crippen MR) is 82.3 cm³/mol. The first-order chi connectivity index (χ1) is 7.99. The highest BCUT2D eigenvalue weighted by molar-refractivity contribution is 9.12. The summed E-state index contributed by atoms with van der Waals surface area (Å²) in [6.07, 6.45) is 0. The summed E-state index contributed by atoms with van der Waals surface area (Å²) in [5.74, 6) is -0.0313. The second-order valence-corrected chi connectivity index (χ2v) is 8.21. The van der Waals surface area contributed by atoms with E-state index in [1.165, 1.54) is 11.3 Å². The lowest BCUT2D eigenvalue weighted by Crippen LogP contribution is -2.00. The third-order valence-corrected chi connectivity index (χ3v) is 5.64. The molecule has 0 fully saturated rings. The maximum atomic E-state index is 12.2. The number of hydrogen-bond donors (Lipinski definition) is 0. The molecule has 6 heteroatoms. The highest BCUT2D eigenvalue weighted by Crippen LogP contribution is 2.34. The Labute approximate surface area is 133 Å². The Bertz CT molecular complexity index is 594. The number of carbonyl (C=O) groups is 1. The minimum atomic E-state index is -0.0313. The van der Waals surface area contributed by atoms with Gasteiger partial charge < -0.3 is 0 Å². The molecular formula is C11H4Br3ClOS. The lowest BCUT2D eigenvalue weighted by Gasteiger charge is -2.01. The minimum Gasteiger partial charge on any atom is -0.289 e. The van der Waals surface area contributed by atoms with Crippen molar-refractivity contribution in [2.75, 3.05) is 0 Å². The number of halogens is 4. The maximum absolute atomic E-state index is 12.2. The smallest absolute Gasteiger partial charge is 0.195 e. The fourth-order valence-corrected chi connectivity index (χ4v) is 4.58. The van der Waals surface area contributed by atoms with Crippen LogP contribution in [0.2, 0.25) is 5.02 Å². The van der Waals surface area contributed by atoms with Crippen LogP contribution in [0.4, 0.5) is 0 Å². The molecule has 0 bridgehead atoms. The molecule has 17 heavy (non-hydrogen) atoms. The second-order valence-electron chi connectivity index (χ2n) is 3.20. The number of ketones is 1. The average Bonchev–Trinajstić information content (AvgIpc) is 2.61. The van der Waals surface area contributed by atoms with Crippen molar-refractivity contribution in [2.24, 2.45) is 0 Å². The first-order valence-electron chi connectivity index (χ1n) is 4.43. The molecule has 0 amide bonds. The summed E-state index contributed by atoms with van der Waals surface area (Å²) in [6.45, 7) is 0. The van der Waals surface area contributed by atoms with Crippen LogP contribution in [0.3, 0.4) is 0 Å². The van der Waals surface area contributed by atoms with Crippen LogP contribution in [0.1, 0.15) is 15.9 Å². The van der Waals surface area contributed by atoms with Gasteiger partial charge in [0.25, 0.3) is 0 Å². The van der Waals surface area contributed by atoms with Crippen molar-refractivity contribution in [3.8, 4) is 0 Å². The van der Waals surface area contributed by atoms with Gasteiger partial charge in [0.15, 0.2) is 5.78 Å². The molecule has 0 spiro atoms. The SMILES string of the molecule is O=C(c1ccc(Cl)c(Br)c1)c1cc(Br)sc1Br. The van der Waals surface area contributed by atoms with Crippen LogP contribution in [0, 0.1) is 0 Å². The Morgan fingerprint density at radius 1 is 1.18 bits per heavy atom. The lowest BCUT2D eigenvalue weighted by atomic mass is 10.1. The van der Waals surface area contributed by atoms with Gasteiger partial charge in [-0.15, -0.1) is 11.3 Å². The Morgan fingerprint density at radius 2 is 1.88 bits per heavy atom. The summed E-state index contributed by atoms with van der Waals surface area (Å²) in [5, 5.41) is 0.590. The topological polar surface area (TPSA) is 17.1 Å². The molecule has 0 radical (unpaired) electrons. The maximum Gasteiger partial charge on any atom is 0.195 e. The molecule has 1 aromatic heterocycles. The predicted octanol–water partition coefficient (Wildman–Crippen LogP) is 5.92. The van der Waals surface area contributed by atoms with Gasteiger partial charge in [-0.25, -0.2) is 0 Å². The first kappa shape index (κ1) is 13.7. The molecule has 1 aromatic carbocycles. The zero-order valence-corrected chi connectivity index (χ0v) is 14.5. The van der Waals surface area contributed by atoms with Gasteiger partial charge in [0.05, 0.1) is 12.6 Å². The van der Waals surface area contributed by atoms with Crippen molar-refractivity contribution < 1.29 is 4.79 Å². The first-order valence-corrected chi connectivity index (χ1v) is 8.01. The van der Waals surface area contributed by atoms with E-state index in [2.05, 4.69) is 47.8 Å². The Morgan fingerprint density at radius 3 is 2.41 bits per heavy atom. The van der Waals surface area contributed by atoms with E-state index in [9.17, 15) is 4.79 Å². The van der Waals surface area contributed by atoms with Crippen molar-refractivity contribution in [2.45, 2.75) is 0 Å². The molecule has 1 nitrogen and oxygen atoms in total. The Kier molecular flexibility index (Phi) is 4.47. The van der Waals surface area contributed by atoms with E-state index in [1.54, 1.807) is 24.3 Å². The Balaban J connectivity index is 2.44. The van der Waals surface area contributed by atoms with Gasteiger partial charge >= 0.3 is 0 Å². The van der Waals surface area contributed by atoms with Crippen molar-refractivity contribution in [1.29, 1.82) is 0 Å². The summed E-state index contributed by atoms with van der Waals surface area (Å²) in [6, 6.07) is 6.95. The zero-order chi connectivity index (χ0) is 12.6. The molecule has 0 saturated heterocycles. The van der Waals surface area contributed by atoms with Crippen LogP contribution < -0.4 is 0 Å². The van der Waals surface area contributed by atoms with E-state index in [4.69, 9.17) is 11.6 Å². The van der Waals surface area contributed by atoms with Gasteiger partial charge in [0.2, 0.25) is 0 Å². The summed E-state index contributed by atoms with van der Waals surface area (Å²) < 4.78 is 2.46. The standard InChI is InChI=1S/C11H4Br3ClOS/c12-7-3-5(1-2-8(7)15)10(16)6-4-9(13)17-11(6)14/h1-4H. The van der Waals surface area contributed by atoms with Gasteiger partial charge in [-0.2, -0.15) is 0 Å². The average molecular weight is 459 g/mol. The van der Waals surface area contributed by atoms with E-state index in [1.807, 2.05) is 0 Å². The van der Waals surface area contributed by atoms with Crippen molar-refractivity contribution in [3.05, 3.63) is 52.5 Å². The molecule has 2 rings (SSSR count). The summed E-state index contributed by atoms with van der Waals surface area (Å²) in [4.78, 5) is 12.2. The fourth-order valence-electron chi connectivity index (χ4n) is 1.29. The highest BCUT2D eigenvalue weighted by Gasteiger charge is 2.16. The van der Waals surface area contributed by atoms with Gasteiger partial charge in [-0.3, -0.25) is 4.79 Å². The third kappa shape index (κ3) is 3.01. The number of hydrogen-bond acceptors (Lipinski definition) is 2. The van der Waals surface area contributed by atoms with Crippen LogP contribution in [-0.4, -0.2) is 5.78 Å². The van der Waals surface area contributed by atoms with Crippen LogP contribution in [-0.2, 0) is 0 Å². The Hall–Kier alpha value is 0.320. The van der Waals surface area contributed by atoms with Gasteiger partial charge in [-0.05, 0) is 72.1 Å². The summed E-state index contributed by atoms with van der Waals surface area (Å²) in [5.41, 5.74) is 1.25. The van der Waals surface area contributed by atoms with E-state index >= 15 is 0 Å². The quantitative estimate of drug-likeness (QED) is 0.510. The van der Waals surface area contributed by atoms with Crippen LogP contribution in [0.15, 0.2) is 36.3 Å². The van der Waals surface area contributed by atoms with E-state index in [0.717, 1.165) is 12.0 Å². The monoisotopic (exact) mass is 456 g/mol. The molecule has 1 heterocycles. The minimum absolute atomic E-state index is 0.0313. The van der Waals surface area contributed by atoms with E-state index < -0.39 is 0 Å². The molecule has 0 aliphatic heterocycles. The molecule has 0 aliphatic rings. The molecular weight excluding hydrogens is 455 g/mol.